The lowest BCUT2D eigenvalue weighted by atomic mass is 9.97. The molecule has 0 saturated carbocycles. The standard InChI is InChI=1S/C20H24N4O4S/c1-13-19(14(2)28-22-13)29(26,27)24-11-7-15(8-12-24)20(25)21-17-5-4-6-18-16(17)9-10-23(18)3/h4-6,9-10,15H,7-8,11-12H2,1-3H3,(H,21,25). The van der Waals surface area contributed by atoms with Crippen LogP contribution in [-0.4, -0.2) is 41.4 Å². The topological polar surface area (TPSA) is 97.4 Å². The Morgan fingerprint density at radius 1 is 1.21 bits per heavy atom. The molecule has 0 radical (unpaired) electrons. The summed E-state index contributed by atoms with van der Waals surface area (Å²) in [5, 5.41) is 7.76. The number of aryl methyl sites for hydroxylation is 3. The molecule has 3 heterocycles. The molecular weight excluding hydrogens is 392 g/mol. The van der Waals surface area contributed by atoms with Crippen molar-refractivity contribution in [2.45, 2.75) is 31.6 Å². The second-order valence-corrected chi connectivity index (χ2v) is 9.36. The second kappa shape index (κ2) is 7.31. The highest BCUT2D eigenvalue weighted by Crippen LogP contribution is 2.29. The molecule has 1 aliphatic heterocycles. The number of hydrogen-bond donors (Lipinski definition) is 1. The van der Waals surface area contributed by atoms with E-state index in [9.17, 15) is 13.2 Å². The van der Waals surface area contributed by atoms with E-state index in [2.05, 4.69) is 10.5 Å². The summed E-state index contributed by atoms with van der Waals surface area (Å²) in [6.45, 7) is 3.80. The monoisotopic (exact) mass is 416 g/mol. The van der Waals surface area contributed by atoms with Crippen LogP contribution in [0.15, 0.2) is 39.9 Å². The Kier molecular flexibility index (Phi) is 4.95. The van der Waals surface area contributed by atoms with Crippen LogP contribution >= 0.6 is 0 Å². The number of rotatable bonds is 4. The molecule has 0 spiro atoms. The molecule has 3 aromatic rings. The van der Waals surface area contributed by atoms with Crippen molar-refractivity contribution in [2.75, 3.05) is 18.4 Å². The molecule has 1 saturated heterocycles. The van der Waals surface area contributed by atoms with Crippen molar-refractivity contribution in [3.63, 3.8) is 0 Å². The maximum Gasteiger partial charge on any atom is 0.248 e. The number of sulfonamides is 1. The van der Waals surface area contributed by atoms with Crippen LogP contribution in [0.1, 0.15) is 24.3 Å². The smallest absolute Gasteiger partial charge is 0.248 e. The number of benzene rings is 1. The van der Waals surface area contributed by atoms with Gasteiger partial charge in [-0.25, -0.2) is 8.42 Å². The lowest BCUT2D eigenvalue weighted by Gasteiger charge is -2.30. The highest BCUT2D eigenvalue weighted by atomic mass is 32.2. The van der Waals surface area contributed by atoms with E-state index in [1.807, 2.05) is 42.1 Å². The molecule has 9 heteroatoms. The Balaban J connectivity index is 1.45. The maximum atomic E-state index is 12.9. The van der Waals surface area contributed by atoms with Gasteiger partial charge in [0.1, 0.15) is 10.6 Å². The van der Waals surface area contributed by atoms with Gasteiger partial charge in [0.15, 0.2) is 5.76 Å². The Morgan fingerprint density at radius 3 is 2.59 bits per heavy atom. The molecule has 2 aromatic heterocycles. The molecule has 4 rings (SSSR count). The summed E-state index contributed by atoms with van der Waals surface area (Å²) in [7, 11) is -1.71. The number of fused-ring (bicyclic) bond motifs is 1. The van der Waals surface area contributed by atoms with Crippen LogP contribution < -0.4 is 5.32 Å². The van der Waals surface area contributed by atoms with Gasteiger partial charge in [-0.15, -0.1) is 0 Å². The predicted octanol–water partition coefficient (Wildman–Crippen LogP) is 2.82. The van der Waals surface area contributed by atoms with Crippen LogP contribution in [0.4, 0.5) is 5.69 Å². The fourth-order valence-electron chi connectivity index (χ4n) is 3.98. The molecule has 1 N–H and O–H groups in total. The van der Waals surface area contributed by atoms with Gasteiger partial charge in [-0.3, -0.25) is 4.79 Å². The van der Waals surface area contributed by atoms with Crippen molar-refractivity contribution < 1.29 is 17.7 Å². The van der Waals surface area contributed by atoms with Gasteiger partial charge in [0.25, 0.3) is 0 Å². The zero-order chi connectivity index (χ0) is 20.8. The minimum atomic E-state index is -3.67. The lowest BCUT2D eigenvalue weighted by Crippen LogP contribution is -2.41. The van der Waals surface area contributed by atoms with E-state index in [1.54, 1.807) is 13.8 Å². The molecule has 1 aliphatic rings. The second-order valence-electron chi connectivity index (χ2n) is 7.49. The Hall–Kier alpha value is -2.65. The molecule has 1 fully saturated rings. The van der Waals surface area contributed by atoms with Crippen molar-refractivity contribution in [2.24, 2.45) is 13.0 Å². The Bertz CT molecular complexity index is 1150. The normalized spacial score (nSPS) is 16.4. The molecule has 1 aromatic carbocycles. The van der Waals surface area contributed by atoms with E-state index in [-0.39, 0.29) is 16.7 Å². The summed E-state index contributed by atoms with van der Waals surface area (Å²) in [5.41, 5.74) is 2.18. The third kappa shape index (κ3) is 3.44. The molecule has 8 nitrogen and oxygen atoms in total. The number of amides is 1. The number of hydrogen-bond acceptors (Lipinski definition) is 5. The first-order valence-electron chi connectivity index (χ1n) is 9.57. The summed E-state index contributed by atoms with van der Waals surface area (Å²) in [6, 6.07) is 7.78. The van der Waals surface area contributed by atoms with Crippen LogP contribution in [0.2, 0.25) is 0 Å². The number of anilines is 1. The number of aromatic nitrogens is 2. The Morgan fingerprint density at radius 2 is 1.93 bits per heavy atom. The van der Waals surface area contributed by atoms with Gasteiger partial charge < -0.3 is 14.4 Å². The minimum absolute atomic E-state index is 0.0734. The number of nitrogens with zero attached hydrogens (tertiary/aromatic N) is 3. The van der Waals surface area contributed by atoms with Crippen LogP contribution in [-0.2, 0) is 21.9 Å². The molecule has 0 aliphatic carbocycles. The van der Waals surface area contributed by atoms with Crippen LogP contribution in [0, 0.1) is 19.8 Å². The van der Waals surface area contributed by atoms with Crippen molar-refractivity contribution >= 4 is 32.5 Å². The van der Waals surface area contributed by atoms with Crippen molar-refractivity contribution in [1.29, 1.82) is 0 Å². The van der Waals surface area contributed by atoms with E-state index in [1.165, 1.54) is 4.31 Å². The average Bonchev–Trinajstić information content (AvgIpc) is 3.25. The van der Waals surface area contributed by atoms with Crippen LogP contribution in [0.25, 0.3) is 10.9 Å². The zero-order valence-electron chi connectivity index (χ0n) is 16.7. The SMILES string of the molecule is Cc1noc(C)c1S(=O)(=O)N1CCC(C(=O)Nc2cccc3c2ccn3C)CC1. The maximum absolute atomic E-state index is 12.9. The molecule has 29 heavy (non-hydrogen) atoms. The van der Waals surface area contributed by atoms with Gasteiger partial charge in [0.05, 0.1) is 5.69 Å². The van der Waals surface area contributed by atoms with Gasteiger partial charge in [0.2, 0.25) is 15.9 Å². The average molecular weight is 417 g/mol. The first-order chi connectivity index (χ1) is 13.8. The van der Waals surface area contributed by atoms with Crippen LogP contribution in [0.5, 0.6) is 0 Å². The summed E-state index contributed by atoms with van der Waals surface area (Å²) >= 11 is 0. The van der Waals surface area contributed by atoms with Crippen molar-refractivity contribution in [1.82, 2.24) is 14.0 Å². The highest BCUT2D eigenvalue weighted by Gasteiger charge is 2.35. The van der Waals surface area contributed by atoms with E-state index in [0.717, 1.165) is 16.6 Å². The fraction of sp³-hybridized carbons (Fsp3) is 0.400. The van der Waals surface area contributed by atoms with Gasteiger partial charge in [0, 0.05) is 43.2 Å². The largest absolute Gasteiger partial charge is 0.360 e. The Labute approximate surface area is 169 Å². The van der Waals surface area contributed by atoms with Gasteiger partial charge in [-0.05, 0) is 44.9 Å². The summed E-state index contributed by atoms with van der Waals surface area (Å²) in [4.78, 5) is 12.9. The third-order valence-corrected chi connectivity index (χ3v) is 7.72. The fourth-order valence-corrected chi connectivity index (χ4v) is 5.74. The van der Waals surface area contributed by atoms with Crippen molar-refractivity contribution in [3.8, 4) is 0 Å². The van der Waals surface area contributed by atoms with Crippen molar-refractivity contribution in [3.05, 3.63) is 41.9 Å². The quantitative estimate of drug-likeness (QED) is 0.705. The lowest BCUT2D eigenvalue weighted by molar-refractivity contribution is -0.120. The van der Waals surface area contributed by atoms with E-state index < -0.39 is 10.0 Å². The van der Waals surface area contributed by atoms with Gasteiger partial charge in [-0.2, -0.15) is 4.31 Å². The molecule has 0 atom stereocenters. The summed E-state index contributed by atoms with van der Waals surface area (Å²) in [6.07, 6.45) is 2.90. The zero-order valence-corrected chi connectivity index (χ0v) is 17.5. The van der Waals surface area contributed by atoms with E-state index >= 15 is 0 Å². The number of carbonyl (C=O) groups excluding carboxylic acids is 1. The first kappa shape index (κ1) is 19.7. The number of carbonyl (C=O) groups is 1. The number of nitrogens with one attached hydrogen (secondary N) is 1. The predicted molar refractivity (Wildman–Crippen MR) is 109 cm³/mol. The first-order valence-corrected chi connectivity index (χ1v) is 11.0. The van der Waals surface area contributed by atoms with Gasteiger partial charge >= 0.3 is 0 Å². The summed E-state index contributed by atoms with van der Waals surface area (Å²) in [5.74, 6) is -0.0147. The molecular formula is C20H24N4O4S. The molecule has 1 amide bonds. The van der Waals surface area contributed by atoms with E-state index in [4.69, 9.17) is 4.52 Å². The molecule has 0 unspecified atom stereocenters. The van der Waals surface area contributed by atoms with E-state index in [0.29, 0.717) is 37.4 Å². The minimum Gasteiger partial charge on any atom is -0.360 e. The number of piperidine rings is 1. The van der Waals surface area contributed by atoms with Crippen LogP contribution in [0.3, 0.4) is 0 Å². The summed E-state index contributed by atoms with van der Waals surface area (Å²) < 4.78 is 34.3. The molecule has 154 valence electrons. The molecule has 0 bridgehead atoms. The highest BCUT2D eigenvalue weighted by molar-refractivity contribution is 7.89. The van der Waals surface area contributed by atoms with Gasteiger partial charge in [-0.1, -0.05) is 11.2 Å². The third-order valence-electron chi connectivity index (χ3n) is 5.58.